The first kappa shape index (κ1) is 15.5. The smallest absolute Gasteiger partial charge is 0.286 e. The SMILES string of the molecule is O=C(NC[C@@H]1CC[C@H]2[C@H]1OCCN2Cc1ccco1)c1ccco1. The number of carbonyl (C=O) groups excluding carboxylic acids is 1. The maximum absolute atomic E-state index is 12.0. The van der Waals surface area contributed by atoms with Gasteiger partial charge in [-0.1, -0.05) is 0 Å². The van der Waals surface area contributed by atoms with Gasteiger partial charge in [-0.3, -0.25) is 9.69 Å². The molecule has 4 rings (SSSR count). The molecule has 0 radical (unpaired) electrons. The van der Waals surface area contributed by atoms with Crippen LogP contribution in [-0.4, -0.2) is 42.6 Å². The van der Waals surface area contributed by atoms with Crippen molar-refractivity contribution >= 4 is 5.91 Å². The molecular formula is C18H22N2O4. The van der Waals surface area contributed by atoms with E-state index in [0.29, 0.717) is 24.3 Å². The molecule has 0 bridgehead atoms. The summed E-state index contributed by atoms with van der Waals surface area (Å²) >= 11 is 0. The van der Waals surface area contributed by atoms with Crippen LogP contribution in [0, 0.1) is 5.92 Å². The molecule has 1 aliphatic carbocycles. The van der Waals surface area contributed by atoms with E-state index in [2.05, 4.69) is 10.2 Å². The lowest BCUT2D eigenvalue weighted by Crippen LogP contribution is -2.50. The topological polar surface area (TPSA) is 67.8 Å². The Bertz CT molecular complexity index is 653. The maximum atomic E-state index is 12.0. The fourth-order valence-corrected chi connectivity index (χ4v) is 3.87. The second kappa shape index (κ2) is 6.83. The lowest BCUT2D eigenvalue weighted by Gasteiger charge is -2.38. The lowest BCUT2D eigenvalue weighted by molar-refractivity contribution is -0.0773. The molecule has 1 amide bonds. The molecule has 0 aromatic carbocycles. The lowest BCUT2D eigenvalue weighted by atomic mass is 10.0. The number of nitrogens with zero attached hydrogens (tertiary/aromatic N) is 1. The van der Waals surface area contributed by atoms with Gasteiger partial charge in [-0.2, -0.15) is 0 Å². The number of amides is 1. The second-order valence-electron chi connectivity index (χ2n) is 6.48. The van der Waals surface area contributed by atoms with E-state index >= 15 is 0 Å². The van der Waals surface area contributed by atoms with Gasteiger partial charge in [-0.05, 0) is 37.1 Å². The summed E-state index contributed by atoms with van der Waals surface area (Å²) in [6.07, 6.45) is 5.55. The molecule has 0 spiro atoms. The van der Waals surface area contributed by atoms with Gasteiger partial charge in [-0.15, -0.1) is 0 Å². The number of rotatable bonds is 5. The van der Waals surface area contributed by atoms with Gasteiger partial charge < -0.3 is 18.9 Å². The Hall–Kier alpha value is -2.05. The van der Waals surface area contributed by atoms with Gasteiger partial charge in [0.2, 0.25) is 0 Å². The zero-order valence-corrected chi connectivity index (χ0v) is 13.5. The first-order valence-corrected chi connectivity index (χ1v) is 8.51. The van der Waals surface area contributed by atoms with Gasteiger partial charge in [0.1, 0.15) is 5.76 Å². The van der Waals surface area contributed by atoms with E-state index in [9.17, 15) is 4.79 Å². The number of fused-ring (bicyclic) bond motifs is 1. The van der Waals surface area contributed by atoms with E-state index in [0.717, 1.165) is 38.3 Å². The number of carbonyl (C=O) groups is 1. The van der Waals surface area contributed by atoms with Crippen LogP contribution in [0.2, 0.25) is 0 Å². The number of hydrogen-bond donors (Lipinski definition) is 1. The van der Waals surface area contributed by atoms with Crippen molar-refractivity contribution in [3.05, 3.63) is 48.3 Å². The Kier molecular flexibility index (Phi) is 4.40. The summed E-state index contributed by atoms with van der Waals surface area (Å²) < 4.78 is 16.7. The highest BCUT2D eigenvalue weighted by molar-refractivity contribution is 5.91. The molecule has 3 heterocycles. The van der Waals surface area contributed by atoms with Crippen LogP contribution in [-0.2, 0) is 11.3 Å². The van der Waals surface area contributed by atoms with Gasteiger partial charge >= 0.3 is 0 Å². The van der Waals surface area contributed by atoms with Crippen LogP contribution in [0.15, 0.2) is 45.6 Å². The summed E-state index contributed by atoms with van der Waals surface area (Å²) in [5.74, 6) is 1.53. The van der Waals surface area contributed by atoms with Crippen LogP contribution >= 0.6 is 0 Å². The first-order chi connectivity index (χ1) is 11.8. The van der Waals surface area contributed by atoms with Crippen LogP contribution in [0.3, 0.4) is 0 Å². The molecule has 3 atom stereocenters. The zero-order chi connectivity index (χ0) is 16.4. The van der Waals surface area contributed by atoms with E-state index in [1.165, 1.54) is 6.26 Å². The zero-order valence-electron chi connectivity index (χ0n) is 13.5. The van der Waals surface area contributed by atoms with E-state index in [-0.39, 0.29) is 12.0 Å². The normalized spacial score (nSPS) is 27.1. The van der Waals surface area contributed by atoms with Crippen LogP contribution in [0.5, 0.6) is 0 Å². The van der Waals surface area contributed by atoms with Crippen molar-refractivity contribution in [2.45, 2.75) is 31.5 Å². The molecule has 1 aliphatic heterocycles. The summed E-state index contributed by atoms with van der Waals surface area (Å²) in [4.78, 5) is 14.5. The summed E-state index contributed by atoms with van der Waals surface area (Å²) in [6.45, 7) is 3.09. The molecule has 1 N–H and O–H groups in total. The van der Waals surface area contributed by atoms with Crippen LogP contribution in [0.4, 0.5) is 0 Å². The second-order valence-corrected chi connectivity index (χ2v) is 6.48. The Balaban J connectivity index is 1.35. The minimum Gasteiger partial charge on any atom is -0.468 e. The average molecular weight is 330 g/mol. The van der Waals surface area contributed by atoms with Crippen molar-refractivity contribution < 1.29 is 18.4 Å². The number of ether oxygens (including phenoxy) is 1. The Morgan fingerprint density at radius 2 is 2.08 bits per heavy atom. The predicted octanol–water partition coefficient (Wildman–Crippen LogP) is 2.28. The van der Waals surface area contributed by atoms with Crippen molar-refractivity contribution in [2.24, 2.45) is 5.92 Å². The molecule has 1 saturated carbocycles. The predicted molar refractivity (Wildman–Crippen MR) is 86.4 cm³/mol. The summed E-state index contributed by atoms with van der Waals surface area (Å²) in [6, 6.07) is 7.73. The molecule has 2 aliphatic rings. The van der Waals surface area contributed by atoms with Crippen molar-refractivity contribution in [3.63, 3.8) is 0 Å². The quantitative estimate of drug-likeness (QED) is 0.911. The molecule has 0 unspecified atom stereocenters. The van der Waals surface area contributed by atoms with Crippen LogP contribution in [0.25, 0.3) is 0 Å². The summed E-state index contributed by atoms with van der Waals surface area (Å²) in [7, 11) is 0. The van der Waals surface area contributed by atoms with Crippen molar-refractivity contribution in [3.8, 4) is 0 Å². The molecule has 24 heavy (non-hydrogen) atoms. The van der Waals surface area contributed by atoms with Crippen molar-refractivity contribution in [1.82, 2.24) is 10.2 Å². The third kappa shape index (κ3) is 3.12. The Morgan fingerprint density at radius 3 is 2.88 bits per heavy atom. The monoisotopic (exact) mass is 330 g/mol. The van der Waals surface area contributed by atoms with Crippen LogP contribution in [0.1, 0.15) is 29.2 Å². The number of hydrogen-bond acceptors (Lipinski definition) is 5. The van der Waals surface area contributed by atoms with Gasteiger partial charge in [-0.25, -0.2) is 0 Å². The highest BCUT2D eigenvalue weighted by Crippen LogP contribution is 2.35. The minimum atomic E-state index is -0.160. The highest BCUT2D eigenvalue weighted by Gasteiger charge is 2.42. The Labute approximate surface area is 140 Å². The van der Waals surface area contributed by atoms with Gasteiger partial charge in [0, 0.05) is 25.0 Å². The van der Waals surface area contributed by atoms with E-state index in [4.69, 9.17) is 13.6 Å². The first-order valence-electron chi connectivity index (χ1n) is 8.51. The number of furan rings is 2. The maximum Gasteiger partial charge on any atom is 0.286 e. The number of morpholine rings is 1. The minimum absolute atomic E-state index is 0.160. The average Bonchev–Trinajstić information content (AvgIpc) is 3.34. The van der Waals surface area contributed by atoms with E-state index in [1.54, 1.807) is 18.4 Å². The fourth-order valence-electron chi connectivity index (χ4n) is 3.87. The molecule has 2 aromatic heterocycles. The van der Waals surface area contributed by atoms with E-state index < -0.39 is 0 Å². The summed E-state index contributed by atoms with van der Waals surface area (Å²) in [5, 5.41) is 2.97. The molecule has 6 heteroatoms. The molecule has 1 saturated heterocycles. The van der Waals surface area contributed by atoms with Crippen molar-refractivity contribution in [2.75, 3.05) is 19.7 Å². The van der Waals surface area contributed by atoms with Gasteiger partial charge in [0.15, 0.2) is 5.76 Å². The summed E-state index contributed by atoms with van der Waals surface area (Å²) in [5.41, 5.74) is 0. The standard InChI is InChI=1S/C18H22N2O4/c21-18(16-4-2-9-23-16)19-11-13-5-6-15-17(13)24-10-7-20(15)12-14-3-1-8-22-14/h1-4,8-9,13,15,17H,5-7,10-12H2,(H,19,21)/t13-,15-,17-/m0/s1. The highest BCUT2D eigenvalue weighted by atomic mass is 16.5. The van der Waals surface area contributed by atoms with Gasteiger partial charge in [0.25, 0.3) is 5.91 Å². The van der Waals surface area contributed by atoms with Gasteiger partial charge in [0.05, 0.1) is 31.8 Å². The Morgan fingerprint density at radius 1 is 1.21 bits per heavy atom. The largest absolute Gasteiger partial charge is 0.468 e. The molecule has 2 aromatic rings. The van der Waals surface area contributed by atoms with Crippen LogP contribution < -0.4 is 5.32 Å². The third-order valence-corrected chi connectivity index (χ3v) is 5.04. The number of nitrogens with one attached hydrogen (secondary N) is 1. The fraction of sp³-hybridized carbons (Fsp3) is 0.500. The van der Waals surface area contributed by atoms with Crippen molar-refractivity contribution in [1.29, 1.82) is 0 Å². The molecular weight excluding hydrogens is 308 g/mol. The third-order valence-electron chi connectivity index (χ3n) is 5.04. The molecule has 6 nitrogen and oxygen atoms in total. The van der Waals surface area contributed by atoms with E-state index in [1.807, 2.05) is 12.1 Å². The molecule has 128 valence electrons. The molecule has 2 fully saturated rings.